The van der Waals surface area contributed by atoms with Gasteiger partial charge in [0.15, 0.2) is 5.58 Å². The molecule has 2 aromatic carbocycles. The molecule has 3 aromatic rings. The lowest BCUT2D eigenvalue weighted by Gasteiger charge is -2.22. The Morgan fingerprint density at radius 3 is 2.83 bits per heavy atom. The highest BCUT2D eigenvalue weighted by Gasteiger charge is 2.34. The van der Waals surface area contributed by atoms with Crippen molar-refractivity contribution in [2.75, 3.05) is 0 Å². The van der Waals surface area contributed by atoms with Gasteiger partial charge in [0.1, 0.15) is 0 Å². The van der Waals surface area contributed by atoms with Gasteiger partial charge in [-0.15, -0.1) is 0 Å². The Morgan fingerprint density at radius 2 is 2.04 bits per heavy atom. The van der Waals surface area contributed by atoms with Crippen molar-refractivity contribution >= 4 is 17.0 Å². The SMILES string of the molecule is Cc1cccc2c1C(C)N(Cc1ccc3[nH]c(=O)oc3c1)C2=O. The van der Waals surface area contributed by atoms with Gasteiger partial charge >= 0.3 is 5.76 Å². The first kappa shape index (κ1) is 13.8. The summed E-state index contributed by atoms with van der Waals surface area (Å²) in [6.07, 6.45) is 0. The second kappa shape index (κ2) is 4.84. The van der Waals surface area contributed by atoms with Gasteiger partial charge in [0.25, 0.3) is 5.91 Å². The molecule has 1 amide bonds. The van der Waals surface area contributed by atoms with Crippen LogP contribution in [0.25, 0.3) is 11.1 Å². The molecule has 1 aliphatic rings. The van der Waals surface area contributed by atoms with E-state index in [1.54, 1.807) is 6.07 Å². The summed E-state index contributed by atoms with van der Waals surface area (Å²) < 4.78 is 5.09. The van der Waals surface area contributed by atoms with E-state index in [0.29, 0.717) is 17.6 Å². The molecule has 23 heavy (non-hydrogen) atoms. The van der Waals surface area contributed by atoms with E-state index in [1.807, 2.05) is 49.1 Å². The second-order valence-electron chi connectivity index (χ2n) is 5.99. The molecule has 0 bridgehead atoms. The molecule has 1 aliphatic heterocycles. The van der Waals surface area contributed by atoms with Gasteiger partial charge in [-0.1, -0.05) is 18.2 Å². The standard InChI is InChI=1S/C18H16N2O3/c1-10-4-3-5-13-16(10)11(2)20(17(13)21)9-12-6-7-14-15(8-12)23-18(22)19-14/h3-8,11H,9H2,1-2H3,(H,19,22). The number of hydrogen-bond acceptors (Lipinski definition) is 3. The molecule has 0 spiro atoms. The number of benzene rings is 2. The largest absolute Gasteiger partial charge is 0.417 e. The average molecular weight is 308 g/mol. The zero-order valence-corrected chi connectivity index (χ0v) is 12.9. The molecule has 0 saturated carbocycles. The number of amides is 1. The summed E-state index contributed by atoms with van der Waals surface area (Å²) in [5.41, 5.74) is 5.14. The molecular formula is C18H16N2O3. The van der Waals surface area contributed by atoms with Crippen LogP contribution in [0.3, 0.4) is 0 Å². The van der Waals surface area contributed by atoms with Crippen molar-refractivity contribution in [2.24, 2.45) is 0 Å². The van der Waals surface area contributed by atoms with Crippen molar-refractivity contribution in [3.8, 4) is 0 Å². The highest BCUT2D eigenvalue weighted by Crippen LogP contribution is 2.36. The molecule has 1 unspecified atom stereocenters. The molecule has 2 heterocycles. The lowest BCUT2D eigenvalue weighted by molar-refractivity contribution is 0.0723. The van der Waals surface area contributed by atoms with Gasteiger partial charge in [-0.3, -0.25) is 9.78 Å². The highest BCUT2D eigenvalue weighted by atomic mass is 16.4. The number of nitrogens with zero attached hydrogens (tertiary/aromatic N) is 1. The van der Waals surface area contributed by atoms with Crippen molar-refractivity contribution in [1.82, 2.24) is 9.88 Å². The molecule has 0 radical (unpaired) electrons. The van der Waals surface area contributed by atoms with E-state index in [0.717, 1.165) is 22.3 Å². The molecule has 0 fully saturated rings. The Kier molecular flexibility index (Phi) is 2.91. The molecule has 1 aromatic heterocycles. The van der Waals surface area contributed by atoms with E-state index in [-0.39, 0.29) is 11.9 Å². The Balaban J connectivity index is 1.70. The minimum atomic E-state index is -0.467. The molecule has 5 nitrogen and oxygen atoms in total. The molecule has 116 valence electrons. The van der Waals surface area contributed by atoms with E-state index < -0.39 is 5.76 Å². The number of rotatable bonds is 2. The third-order valence-corrected chi connectivity index (χ3v) is 4.54. The molecule has 0 saturated heterocycles. The monoisotopic (exact) mass is 308 g/mol. The van der Waals surface area contributed by atoms with Crippen LogP contribution >= 0.6 is 0 Å². The number of hydrogen-bond donors (Lipinski definition) is 1. The average Bonchev–Trinajstić information content (AvgIpc) is 3.00. The number of oxazole rings is 1. The van der Waals surface area contributed by atoms with Crippen LogP contribution in [0.1, 0.15) is 40.0 Å². The normalized spacial score (nSPS) is 17.0. The molecule has 1 N–H and O–H groups in total. The van der Waals surface area contributed by atoms with Crippen molar-refractivity contribution < 1.29 is 9.21 Å². The van der Waals surface area contributed by atoms with Crippen LogP contribution in [-0.2, 0) is 6.54 Å². The number of aromatic nitrogens is 1. The number of aryl methyl sites for hydroxylation is 1. The zero-order valence-electron chi connectivity index (χ0n) is 12.9. The van der Waals surface area contributed by atoms with E-state index in [1.165, 1.54) is 0 Å². The number of carbonyl (C=O) groups is 1. The maximum Gasteiger partial charge on any atom is 0.417 e. The molecule has 0 aliphatic carbocycles. The Morgan fingerprint density at radius 1 is 1.22 bits per heavy atom. The fraction of sp³-hybridized carbons (Fsp3) is 0.222. The van der Waals surface area contributed by atoms with Gasteiger partial charge < -0.3 is 9.32 Å². The van der Waals surface area contributed by atoms with Crippen LogP contribution in [-0.4, -0.2) is 15.8 Å². The molecular weight excluding hydrogens is 292 g/mol. The highest BCUT2D eigenvalue weighted by molar-refractivity contribution is 5.99. The quantitative estimate of drug-likeness (QED) is 0.791. The third-order valence-electron chi connectivity index (χ3n) is 4.54. The predicted molar refractivity (Wildman–Crippen MR) is 86.3 cm³/mol. The minimum absolute atomic E-state index is 0.0348. The van der Waals surface area contributed by atoms with Crippen LogP contribution in [0.15, 0.2) is 45.6 Å². The molecule has 1 atom stereocenters. The summed E-state index contributed by atoms with van der Waals surface area (Å²) in [6, 6.07) is 11.4. The van der Waals surface area contributed by atoms with Gasteiger partial charge in [-0.2, -0.15) is 0 Å². The lowest BCUT2D eigenvalue weighted by Crippen LogP contribution is -2.26. The van der Waals surface area contributed by atoms with Crippen molar-refractivity contribution in [2.45, 2.75) is 26.4 Å². The van der Waals surface area contributed by atoms with Gasteiger partial charge in [0.2, 0.25) is 0 Å². The summed E-state index contributed by atoms with van der Waals surface area (Å²) >= 11 is 0. The van der Waals surface area contributed by atoms with E-state index >= 15 is 0 Å². The number of fused-ring (bicyclic) bond motifs is 2. The fourth-order valence-corrected chi connectivity index (χ4v) is 3.40. The first-order valence-electron chi connectivity index (χ1n) is 7.57. The smallest absolute Gasteiger partial charge is 0.408 e. The Labute approximate surface area is 132 Å². The zero-order chi connectivity index (χ0) is 16.1. The summed E-state index contributed by atoms with van der Waals surface area (Å²) in [5, 5.41) is 0. The Bertz CT molecular complexity index is 983. The van der Waals surface area contributed by atoms with Crippen LogP contribution in [0.2, 0.25) is 0 Å². The van der Waals surface area contributed by atoms with E-state index in [9.17, 15) is 9.59 Å². The summed E-state index contributed by atoms with van der Waals surface area (Å²) in [7, 11) is 0. The van der Waals surface area contributed by atoms with Crippen LogP contribution in [0, 0.1) is 6.92 Å². The number of nitrogens with one attached hydrogen (secondary N) is 1. The van der Waals surface area contributed by atoms with Crippen molar-refractivity contribution in [3.63, 3.8) is 0 Å². The topological polar surface area (TPSA) is 66.3 Å². The Hall–Kier alpha value is -2.82. The van der Waals surface area contributed by atoms with Gasteiger partial charge in [0.05, 0.1) is 11.6 Å². The number of carbonyl (C=O) groups excluding carboxylic acids is 1. The predicted octanol–water partition coefficient (Wildman–Crippen LogP) is 3.15. The van der Waals surface area contributed by atoms with E-state index in [2.05, 4.69) is 4.98 Å². The van der Waals surface area contributed by atoms with E-state index in [4.69, 9.17) is 4.42 Å². The van der Waals surface area contributed by atoms with Gasteiger partial charge in [-0.05, 0) is 48.7 Å². The summed E-state index contributed by atoms with van der Waals surface area (Å²) in [4.78, 5) is 28.4. The van der Waals surface area contributed by atoms with Crippen LogP contribution in [0.4, 0.5) is 0 Å². The number of H-pyrrole nitrogens is 1. The minimum Gasteiger partial charge on any atom is -0.408 e. The van der Waals surface area contributed by atoms with Crippen LogP contribution in [0.5, 0.6) is 0 Å². The van der Waals surface area contributed by atoms with Crippen molar-refractivity contribution in [1.29, 1.82) is 0 Å². The first-order chi connectivity index (χ1) is 11.0. The van der Waals surface area contributed by atoms with Gasteiger partial charge in [-0.25, -0.2) is 4.79 Å². The second-order valence-corrected chi connectivity index (χ2v) is 5.99. The summed E-state index contributed by atoms with van der Waals surface area (Å²) in [5.74, 6) is -0.419. The summed E-state index contributed by atoms with van der Waals surface area (Å²) in [6.45, 7) is 4.57. The van der Waals surface area contributed by atoms with Gasteiger partial charge in [0, 0.05) is 12.1 Å². The van der Waals surface area contributed by atoms with Crippen LogP contribution < -0.4 is 5.76 Å². The molecule has 5 heteroatoms. The third kappa shape index (κ3) is 2.08. The fourth-order valence-electron chi connectivity index (χ4n) is 3.40. The molecule has 4 rings (SSSR count). The van der Waals surface area contributed by atoms with Crippen molar-refractivity contribution in [3.05, 3.63) is 69.2 Å². The maximum absolute atomic E-state index is 12.7. The number of aromatic amines is 1. The lowest BCUT2D eigenvalue weighted by atomic mass is 10.00. The maximum atomic E-state index is 12.7. The first-order valence-corrected chi connectivity index (χ1v) is 7.57.